The van der Waals surface area contributed by atoms with Crippen LogP contribution in [0.15, 0.2) is 64.9 Å². The van der Waals surface area contributed by atoms with Crippen LogP contribution in [0, 0.1) is 11.3 Å². The smallest absolute Gasteiger partial charge is 0.255 e. The molecular weight excluding hydrogens is 444 g/mol. The Balaban J connectivity index is 1.37. The first-order chi connectivity index (χ1) is 15.5. The second kappa shape index (κ2) is 9.53. The zero-order chi connectivity index (χ0) is 22.6. The lowest BCUT2D eigenvalue weighted by atomic mass is 10.1. The summed E-state index contributed by atoms with van der Waals surface area (Å²) in [5.74, 6) is -0.319. The van der Waals surface area contributed by atoms with Gasteiger partial charge in [-0.05, 0) is 72.0 Å². The van der Waals surface area contributed by atoms with Crippen LogP contribution in [0.4, 0.5) is 11.4 Å². The molecule has 1 amide bonds. The summed E-state index contributed by atoms with van der Waals surface area (Å²) in [6.45, 7) is 1.91. The number of sulfonamides is 1. The SMILES string of the molecule is N#CCCNS(=O)(=O)c1ccc(C(=O)Nc2ccc(N3CCc4sccc4C3)cc2)cc1. The number of fused-ring (bicyclic) bond motifs is 1. The van der Waals surface area contributed by atoms with Crippen LogP contribution in [0.3, 0.4) is 0 Å². The van der Waals surface area contributed by atoms with Gasteiger partial charge in [-0.1, -0.05) is 0 Å². The molecule has 1 aliphatic heterocycles. The average molecular weight is 467 g/mol. The number of hydrogen-bond donors (Lipinski definition) is 2. The van der Waals surface area contributed by atoms with E-state index in [4.69, 9.17) is 5.26 Å². The van der Waals surface area contributed by atoms with Crippen molar-refractivity contribution in [1.29, 1.82) is 5.26 Å². The molecule has 2 aromatic carbocycles. The molecular formula is C23H22N4O3S2. The lowest BCUT2D eigenvalue weighted by Crippen LogP contribution is -2.29. The fourth-order valence-corrected chi connectivity index (χ4v) is 5.46. The zero-order valence-electron chi connectivity index (χ0n) is 17.2. The molecule has 0 aliphatic carbocycles. The highest BCUT2D eigenvalue weighted by Crippen LogP contribution is 2.28. The summed E-state index contributed by atoms with van der Waals surface area (Å²) < 4.78 is 26.7. The predicted octanol–water partition coefficient (Wildman–Crippen LogP) is 3.76. The highest BCUT2D eigenvalue weighted by molar-refractivity contribution is 7.89. The molecule has 1 aliphatic rings. The minimum absolute atomic E-state index is 0.0446. The van der Waals surface area contributed by atoms with Gasteiger partial charge in [-0.2, -0.15) is 5.26 Å². The van der Waals surface area contributed by atoms with E-state index in [0.29, 0.717) is 11.3 Å². The van der Waals surface area contributed by atoms with Crippen molar-refractivity contribution in [2.75, 3.05) is 23.3 Å². The maximum Gasteiger partial charge on any atom is 0.255 e. The highest BCUT2D eigenvalue weighted by Gasteiger charge is 2.18. The van der Waals surface area contributed by atoms with Crippen LogP contribution >= 0.6 is 11.3 Å². The van der Waals surface area contributed by atoms with Gasteiger partial charge in [-0.15, -0.1) is 11.3 Å². The lowest BCUT2D eigenvalue weighted by Gasteiger charge is -2.29. The third-order valence-corrected chi connectivity index (χ3v) is 7.75. The van der Waals surface area contributed by atoms with E-state index in [1.54, 1.807) is 0 Å². The summed E-state index contributed by atoms with van der Waals surface area (Å²) in [5.41, 5.74) is 3.51. The molecule has 3 aromatic rings. The van der Waals surface area contributed by atoms with Crippen LogP contribution in [-0.4, -0.2) is 27.4 Å². The van der Waals surface area contributed by atoms with Gasteiger partial charge in [-0.25, -0.2) is 13.1 Å². The molecule has 2 N–H and O–H groups in total. The summed E-state index contributed by atoms with van der Waals surface area (Å²) >= 11 is 1.81. The van der Waals surface area contributed by atoms with Gasteiger partial charge in [0.25, 0.3) is 5.91 Å². The van der Waals surface area contributed by atoms with Gasteiger partial charge in [0.15, 0.2) is 0 Å². The van der Waals surface area contributed by atoms with E-state index in [9.17, 15) is 13.2 Å². The highest BCUT2D eigenvalue weighted by atomic mass is 32.2. The Kier molecular flexibility index (Phi) is 6.55. The summed E-state index contributed by atoms with van der Waals surface area (Å²) in [5, 5.41) is 13.5. The van der Waals surface area contributed by atoms with E-state index >= 15 is 0 Å². The van der Waals surface area contributed by atoms with Crippen LogP contribution in [0.1, 0.15) is 27.2 Å². The van der Waals surface area contributed by atoms with Gasteiger partial charge in [-0.3, -0.25) is 4.79 Å². The molecule has 0 atom stereocenters. The normalized spacial score (nSPS) is 13.3. The quantitative estimate of drug-likeness (QED) is 0.516. The number of rotatable bonds is 7. The molecule has 9 heteroatoms. The Morgan fingerprint density at radius 2 is 1.84 bits per heavy atom. The number of thiophene rings is 1. The molecule has 0 radical (unpaired) electrons. The molecule has 0 saturated carbocycles. The summed E-state index contributed by atoms with van der Waals surface area (Å²) in [6, 6.07) is 17.5. The Bertz CT molecular complexity index is 1240. The second-order valence-electron chi connectivity index (χ2n) is 7.37. The third kappa shape index (κ3) is 4.99. The molecule has 0 bridgehead atoms. The summed E-state index contributed by atoms with van der Waals surface area (Å²) in [7, 11) is -3.70. The van der Waals surface area contributed by atoms with Gasteiger partial charge in [0.2, 0.25) is 10.0 Å². The number of nitrogens with one attached hydrogen (secondary N) is 2. The molecule has 0 unspecified atom stereocenters. The van der Waals surface area contributed by atoms with Gasteiger partial charge >= 0.3 is 0 Å². The molecule has 164 valence electrons. The first kappa shape index (κ1) is 22.0. The van der Waals surface area contributed by atoms with Crippen molar-refractivity contribution in [3.8, 4) is 6.07 Å². The third-order valence-electron chi connectivity index (χ3n) is 5.25. The van der Waals surface area contributed by atoms with Crippen molar-refractivity contribution in [2.45, 2.75) is 24.3 Å². The number of hydrogen-bond acceptors (Lipinski definition) is 6. The van der Waals surface area contributed by atoms with Crippen LogP contribution in [0.5, 0.6) is 0 Å². The fraction of sp³-hybridized carbons (Fsp3) is 0.217. The number of nitrogens with zero attached hydrogens (tertiary/aromatic N) is 2. The van der Waals surface area contributed by atoms with E-state index in [0.717, 1.165) is 25.2 Å². The maximum atomic E-state index is 12.6. The summed E-state index contributed by atoms with van der Waals surface area (Å²) in [6.07, 6.45) is 1.14. The Labute approximate surface area is 191 Å². The van der Waals surface area contributed by atoms with E-state index in [-0.39, 0.29) is 23.8 Å². The molecule has 2 heterocycles. The minimum atomic E-state index is -3.70. The number of carbonyl (C=O) groups is 1. The molecule has 32 heavy (non-hydrogen) atoms. The molecule has 0 fully saturated rings. The van der Waals surface area contributed by atoms with Gasteiger partial charge in [0, 0.05) is 47.9 Å². The van der Waals surface area contributed by atoms with Gasteiger partial charge in [0.1, 0.15) is 0 Å². The Hall–Kier alpha value is -3.19. The van der Waals surface area contributed by atoms with Crippen molar-refractivity contribution >= 4 is 38.6 Å². The molecule has 7 nitrogen and oxygen atoms in total. The van der Waals surface area contributed by atoms with E-state index in [1.807, 2.05) is 41.7 Å². The van der Waals surface area contributed by atoms with Crippen molar-refractivity contribution < 1.29 is 13.2 Å². The zero-order valence-corrected chi connectivity index (χ0v) is 18.9. The summed E-state index contributed by atoms with van der Waals surface area (Å²) in [4.78, 5) is 16.4. The molecule has 4 rings (SSSR count). The van der Waals surface area contributed by atoms with Gasteiger partial charge in [0.05, 0.1) is 11.0 Å². The van der Waals surface area contributed by atoms with Crippen molar-refractivity contribution in [2.24, 2.45) is 0 Å². The maximum absolute atomic E-state index is 12.6. The number of carbonyl (C=O) groups excluding carboxylic acids is 1. The van der Waals surface area contributed by atoms with E-state index < -0.39 is 10.0 Å². The first-order valence-corrected chi connectivity index (χ1v) is 12.5. The first-order valence-electron chi connectivity index (χ1n) is 10.1. The average Bonchev–Trinajstić information content (AvgIpc) is 3.28. The van der Waals surface area contributed by atoms with E-state index in [2.05, 4.69) is 26.4 Å². The number of anilines is 2. The standard InChI is InChI=1S/C23H22N4O3S2/c24-12-1-13-25-32(29,30)21-8-2-17(3-9-21)23(28)26-19-4-6-20(7-5-19)27-14-10-22-18(16-27)11-15-31-22/h2-9,11,15,25H,1,10,13-14,16H2,(H,26,28). The number of amides is 1. The number of benzene rings is 2. The van der Waals surface area contributed by atoms with Gasteiger partial charge < -0.3 is 10.2 Å². The second-order valence-corrected chi connectivity index (χ2v) is 10.1. The predicted molar refractivity (Wildman–Crippen MR) is 125 cm³/mol. The Morgan fingerprint density at radius 3 is 2.56 bits per heavy atom. The van der Waals surface area contributed by atoms with E-state index in [1.165, 1.54) is 34.7 Å². The van der Waals surface area contributed by atoms with Crippen molar-refractivity contribution in [1.82, 2.24) is 4.72 Å². The minimum Gasteiger partial charge on any atom is -0.367 e. The Morgan fingerprint density at radius 1 is 1.09 bits per heavy atom. The number of nitriles is 1. The van der Waals surface area contributed by atoms with Crippen LogP contribution in [0.2, 0.25) is 0 Å². The molecule has 1 aromatic heterocycles. The topological polar surface area (TPSA) is 102 Å². The fourth-order valence-electron chi connectivity index (χ4n) is 3.54. The van der Waals surface area contributed by atoms with Crippen molar-refractivity contribution in [3.63, 3.8) is 0 Å². The van der Waals surface area contributed by atoms with Crippen LogP contribution in [0.25, 0.3) is 0 Å². The monoisotopic (exact) mass is 466 g/mol. The molecule has 0 saturated heterocycles. The molecule has 0 spiro atoms. The van der Waals surface area contributed by atoms with Crippen LogP contribution in [-0.2, 0) is 23.0 Å². The van der Waals surface area contributed by atoms with Crippen LogP contribution < -0.4 is 14.9 Å². The lowest BCUT2D eigenvalue weighted by molar-refractivity contribution is 0.102. The van der Waals surface area contributed by atoms with Crippen molar-refractivity contribution in [3.05, 3.63) is 76.0 Å². The largest absolute Gasteiger partial charge is 0.367 e.